The fourth-order valence-electron chi connectivity index (χ4n) is 3.92. The molecule has 0 amide bonds. The zero-order valence-corrected chi connectivity index (χ0v) is 14.2. The van der Waals surface area contributed by atoms with E-state index in [4.69, 9.17) is 9.47 Å². The van der Waals surface area contributed by atoms with Gasteiger partial charge in [-0.15, -0.1) is 0 Å². The number of halogens is 3. The highest BCUT2D eigenvalue weighted by atomic mass is 19.4. The lowest BCUT2D eigenvalue weighted by Crippen LogP contribution is -2.30. The molecule has 1 aromatic carbocycles. The van der Waals surface area contributed by atoms with Gasteiger partial charge in [-0.2, -0.15) is 13.2 Å². The standard InChI is InChI=1S/C18H16F3NO5/c1-9(23)26-8-17-6-5-12(27-17)13-14(17)16(25)22(15(13)24)11-4-2-3-10(7-11)18(19,20)21/h2-4,7,12,24-25H,5-6,8H2,1H3/t12-,17-/m1/s1. The Morgan fingerprint density at radius 1 is 1.37 bits per heavy atom. The van der Waals surface area contributed by atoms with Crippen LogP contribution in [0.3, 0.4) is 0 Å². The van der Waals surface area contributed by atoms with Gasteiger partial charge in [0.2, 0.25) is 11.8 Å². The summed E-state index contributed by atoms with van der Waals surface area (Å²) in [6.45, 7) is 1.09. The third kappa shape index (κ3) is 2.56. The number of carbonyl (C=O) groups excluding carboxylic acids is 1. The van der Waals surface area contributed by atoms with E-state index in [0.29, 0.717) is 18.4 Å². The fraction of sp³-hybridized carbons (Fsp3) is 0.389. The van der Waals surface area contributed by atoms with Crippen LogP contribution in [0.15, 0.2) is 24.3 Å². The van der Waals surface area contributed by atoms with Crippen molar-refractivity contribution in [2.45, 2.75) is 37.6 Å². The number of rotatable bonds is 3. The number of alkyl halides is 3. The zero-order valence-electron chi connectivity index (χ0n) is 14.2. The van der Waals surface area contributed by atoms with Gasteiger partial charge in [0, 0.05) is 6.92 Å². The average Bonchev–Trinajstić information content (AvgIpc) is 3.23. The van der Waals surface area contributed by atoms with Gasteiger partial charge in [-0.05, 0) is 31.0 Å². The van der Waals surface area contributed by atoms with E-state index < -0.39 is 35.3 Å². The highest BCUT2D eigenvalue weighted by molar-refractivity contribution is 5.66. The minimum absolute atomic E-state index is 0.0312. The Kier molecular flexibility index (Phi) is 3.71. The van der Waals surface area contributed by atoms with Crippen LogP contribution in [-0.2, 0) is 26.0 Å². The van der Waals surface area contributed by atoms with Crippen LogP contribution < -0.4 is 0 Å². The minimum atomic E-state index is -4.56. The molecule has 0 unspecified atom stereocenters. The number of aromatic nitrogens is 1. The van der Waals surface area contributed by atoms with Crippen molar-refractivity contribution in [1.29, 1.82) is 0 Å². The van der Waals surface area contributed by atoms with Gasteiger partial charge in [-0.25, -0.2) is 0 Å². The molecule has 1 fully saturated rings. The molecule has 0 aliphatic carbocycles. The number of hydrogen-bond donors (Lipinski definition) is 2. The van der Waals surface area contributed by atoms with Crippen molar-refractivity contribution >= 4 is 5.97 Å². The van der Waals surface area contributed by atoms with Crippen molar-refractivity contribution in [2.75, 3.05) is 6.61 Å². The number of aromatic hydroxyl groups is 2. The van der Waals surface area contributed by atoms with Crippen LogP contribution in [0.25, 0.3) is 5.69 Å². The maximum atomic E-state index is 13.0. The first-order valence-corrected chi connectivity index (χ1v) is 8.30. The number of ether oxygens (including phenoxy) is 2. The van der Waals surface area contributed by atoms with Crippen molar-refractivity contribution in [3.8, 4) is 17.4 Å². The second-order valence-electron chi connectivity index (χ2n) is 6.74. The Bertz CT molecular complexity index is 936. The van der Waals surface area contributed by atoms with E-state index in [1.54, 1.807) is 0 Å². The molecule has 0 saturated carbocycles. The van der Waals surface area contributed by atoms with Crippen LogP contribution in [0.4, 0.5) is 13.2 Å². The molecule has 0 spiro atoms. The molecule has 1 saturated heterocycles. The summed E-state index contributed by atoms with van der Waals surface area (Å²) in [7, 11) is 0. The predicted octanol–water partition coefficient (Wildman–Crippen LogP) is 3.53. The summed E-state index contributed by atoms with van der Waals surface area (Å²) in [6.07, 6.45) is -4.09. The third-order valence-electron chi connectivity index (χ3n) is 5.05. The molecule has 0 radical (unpaired) electrons. The number of nitrogens with zero attached hydrogens (tertiary/aromatic N) is 1. The van der Waals surface area contributed by atoms with E-state index in [9.17, 15) is 28.2 Å². The van der Waals surface area contributed by atoms with Gasteiger partial charge in [0.1, 0.15) is 12.2 Å². The Balaban J connectivity index is 1.83. The van der Waals surface area contributed by atoms with Crippen molar-refractivity contribution in [3.05, 3.63) is 41.0 Å². The van der Waals surface area contributed by atoms with Crippen LogP contribution in [0.2, 0.25) is 0 Å². The summed E-state index contributed by atoms with van der Waals surface area (Å²) in [4.78, 5) is 11.2. The van der Waals surface area contributed by atoms with Crippen LogP contribution in [0.5, 0.6) is 11.8 Å². The topological polar surface area (TPSA) is 80.9 Å². The highest BCUT2D eigenvalue weighted by Crippen LogP contribution is 2.61. The molecule has 9 heteroatoms. The van der Waals surface area contributed by atoms with Crippen molar-refractivity contribution in [1.82, 2.24) is 4.57 Å². The summed E-state index contributed by atoms with van der Waals surface area (Å²) in [6, 6.07) is 4.30. The van der Waals surface area contributed by atoms with E-state index in [1.165, 1.54) is 19.1 Å². The van der Waals surface area contributed by atoms with Crippen LogP contribution >= 0.6 is 0 Å². The molecule has 2 atom stereocenters. The Morgan fingerprint density at radius 2 is 2.11 bits per heavy atom. The van der Waals surface area contributed by atoms with E-state index in [1.807, 2.05) is 0 Å². The molecule has 2 bridgehead atoms. The van der Waals surface area contributed by atoms with Crippen LogP contribution in [0.1, 0.15) is 42.6 Å². The maximum Gasteiger partial charge on any atom is 0.416 e. The first kappa shape index (κ1) is 17.7. The first-order chi connectivity index (χ1) is 12.6. The highest BCUT2D eigenvalue weighted by Gasteiger charge is 2.56. The van der Waals surface area contributed by atoms with Crippen molar-refractivity contribution < 1.29 is 37.7 Å². The lowest BCUT2D eigenvalue weighted by atomic mass is 9.85. The molecule has 1 aromatic heterocycles. The molecular weight excluding hydrogens is 367 g/mol. The Labute approximate surface area is 151 Å². The maximum absolute atomic E-state index is 13.0. The third-order valence-corrected chi connectivity index (χ3v) is 5.05. The summed E-state index contributed by atoms with van der Waals surface area (Å²) in [5.74, 6) is -1.32. The summed E-state index contributed by atoms with van der Waals surface area (Å²) < 4.78 is 50.9. The lowest BCUT2D eigenvalue weighted by Gasteiger charge is -2.25. The molecule has 3 heterocycles. The van der Waals surface area contributed by atoms with Gasteiger partial charge in [0.15, 0.2) is 0 Å². The number of hydrogen-bond acceptors (Lipinski definition) is 5. The lowest BCUT2D eigenvalue weighted by molar-refractivity contribution is -0.151. The van der Waals surface area contributed by atoms with E-state index in [0.717, 1.165) is 16.7 Å². The fourth-order valence-corrected chi connectivity index (χ4v) is 3.92. The predicted molar refractivity (Wildman–Crippen MR) is 85.5 cm³/mol. The number of carbonyl (C=O) groups is 1. The molecule has 27 heavy (non-hydrogen) atoms. The van der Waals surface area contributed by atoms with Gasteiger partial charge >= 0.3 is 12.1 Å². The molecule has 144 valence electrons. The van der Waals surface area contributed by atoms with E-state index in [-0.39, 0.29) is 23.7 Å². The number of fused-ring (bicyclic) bond motifs is 5. The second-order valence-corrected chi connectivity index (χ2v) is 6.74. The van der Waals surface area contributed by atoms with E-state index >= 15 is 0 Å². The minimum Gasteiger partial charge on any atom is -0.494 e. The van der Waals surface area contributed by atoms with Gasteiger partial charge in [0.05, 0.1) is 28.5 Å². The van der Waals surface area contributed by atoms with Gasteiger partial charge < -0.3 is 19.7 Å². The molecular formula is C18H16F3NO5. The quantitative estimate of drug-likeness (QED) is 0.793. The molecule has 4 rings (SSSR count). The van der Waals surface area contributed by atoms with Crippen LogP contribution in [-0.4, -0.2) is 27.4 Å². The molecule has 2 aliphatic rings. The Hall–Kier alpha value is -2.68. The first-order valence-electron chi connectivity index (χ1n) is 8.30. The van der Waals surface area contributed by atoms with Gasteiger partial charge in [0.25, 0.3) is 0 Å². The molecule has 6 nitrogen and oxygen atoms in total. The smallest absolute Gasteiger partial charge is 0.416 e. The SMILES string of the molecule is CC(=O)OC[C@@]12CC[C@@H](O1)c1c2c(O)n(-c2cccc(C(F)(F)F)c2)c1O. The number of esters is 1. The number of benzene rings is 1. The molecule has 2 aliphatic heterocycles. The Morgan fingerprint density at radius 3 is 2.78 bits per heavy atom. The largest absolute Gasteiger partial charge is 0.494 e. The summed E-state index contributed by atoms with van der Waals surface area (Å²) in [5, 5.41) is 21.4. The van der Waals surface area contributed by atoms with Gasteiger partial charge in [-0.1, -0.05) is 6.07 Å². The summed E-state index contributed by atoms with van der Waals surface area (Å²) >= 11 is 0. The molecule has 2 aromatic rings. The normalized spacial score (nSPS) is 23.5. The summed E-state index contributed by atoms with van der Waals surface area (Å²) in [5.41, 5.74) is -1.46. The van der Waals surface area contributed by atoms with Gasteiger partial charge in [-0.3, -0.25) is 9.36 Å². The van der Waals surface area contributed by atoms with E-state index in [2.05, 4.69) is 0 Å². The average molecular weight is 383 g/mol. The van der Waals surface area contributed by atoms with Crippen LogP contribution in [0, 0.1) is 0 Å². The van der Waals surface area contributed by atoms with Crippen molar-refractivity contribution in [2.24, 2.45) is 0 Å². The monoisotopic (exact) mass is 383 g/mol. The molecule has 2 N–H and O–H groups in total. The zero-order chi connectivity index (χ0) is 19.6. The van der Waals surface area contributed by atoms with Crippen molar-refractivity contribution in [3.63, 3.8) is 0 Å². The second kappa shape index (κ2) is 5.66.